The van der Waals surface area contributed by atoms with E-state index in [1.54, 1.807) is 41.8 Å². The van der Waals surface area contributed by atoms with Gasteiger partial charge < -0.3 is 21.0 Å². The molecule has 1 unspecified atom stereocenters. The fourth-order valence-corrected chi connectivity index (χ4v) is 3.99. The molecule has 0 bridgehead atoms. The first-order valence-electron chi connectivity index (χ1n) is 9.58. The second-order valence-corrected chi connectivity index (χ2v) is 7.94. The van der Waals surface area contributed by atoms with Gasteiger partial charge in [-0.3, -0.25) is 9.59 Å². The van der Waals surface area contributed by atoms with Gasteiger partial charge in [-0.25, -0.2) is 4.31 Å². The van der Waals surface area contributed by atoms with Gasteiger partial charge in [0, 0.05) is 36.0 Å². The Morgan fingerprint density at radius 3 is 2.62 bits per heavy atom. The van der Waals surface area contributed by atoms with E-state index in [9.17, 15) is 9.59 Å². The molecular formula is C21H29N5O2S. The molecule has 1 saturated heterocycles. The molecule has 7 nitrogen and oxygen atoms in total. The van der Waals surface area contributed by atoms with E-state index in [2.05, 4.69) is 27.5 Å². The van der Waals surface area contributed by atoms with Crippen molar-refractivity contribution in [1.82, 2.24) is 14.2 Å². The van der Waals surface area contributed by atoms with Gasteiger partial charge >= 0.3 is 0 Å². The van der Waals surface area contributed by atoms with Crippen molar-refractivity contribution in [3.63, 3.8) is 0 Å². The van der Waals surface area contributed by atoms with Crippen LogP contribution in [0.15, 0.2) is 58.4 Å². The van der Waals surface area contributed by atoms with Gasteiger partial charge in [0.2, 0.25) is 5.91 Å². The number of nitrogens with zero attached hydrogens (tertiary/aromatic N) is 2. The number of amides is 1. The summed E-state index contributed by atoms with van der Waals surface area (Å²) in [7, 11) is 1.50. The first-order valence-corrected chi connectivity index (χ1v) is 10.4. The van der Waals surface area contributed by atoms with Crippen molar-refractivity contribution in [3.8, 4) is 0 Å². The van der Waals surface area contributed by atoms with E-state index in [0.717, 1.165) is 23.4 Å². The van der Waals surface area contributed by atoms with Crippen LogP contribution in [0.25, 0.3) is 0 Å². The summed E-state index contributed by atoms with van der Waals surface area (Å²) in [6, 6.07) is 13.3. The predicted octanol–water partition coefficient (Wildman–Crippen LogP) is 1.96. The number of benzene rings is 1. The Morgan fingerprint density at radius 2 is 1.97 bits per heavy atom. The summed E-state index contributed by atoms with van der Waals surface area (Å²) in [6.45, 7) is 4.16. The molecule has 0 spiro atoms. The fraction of sp³-hybridized carbons (Fsp3) is 0.381. The summed E-state index contributed by atoms with van der Waals surface area (Å²) in [5.41, 5.74) is 6.04. The standard InChI is InChI=1S/C20H24N4O2S.CH5N/c1-15(21)12-22-20(26)17-9-11-24(14-17)27-18-7-5-16(6-8-18)13-23-10-3-2-4-19(23)25;1-2/h2-8,10,17,21H,9,11-14H2,1H3,(H,22,26);2H2,1H3. The first kappa shape index (κ1) is 22.9. The Kier molecular flexibility index (Phi) is 9.11. The fourth-order valence-electron chi connectivity index (χ4n) is 2.98. The molecule has 1 aromatic carbocycles. The number of rotatable bonds is 7. The molecule has 1 aliphatic rings. The maximum atomic E-state index is 12.1. The number of nitrogens with two attached hydrogens (primary N) is 1. The molecule has 0 saturated carbocycles. The van der Waals surface area contributed by atoms with Crippen molar-refractivity contribution in [2.75, 3.05) is 26.7 Å². The molecule has 1 aliphatic heterocycles. The largest absolute Gasteiger partial charge is 0.351 e. The molecule has 2 aromatic rings. The average molecular weight is 416 g/mol. The molecule has 1 fully saturated rings. The third kappa shape index (κ3) is 7.16. The second kappa shape index (κ2) is 11.5. The third-order valence-corrected chi connectivity index (χ3v) is 5.53. The van der Waals surface area contributed by atoms with Crippen LogP contribution in [-0.2, 0) is 11.3 Å². The lowest BCUT2D eigenvalue weighted by atomic mass is 10.1. The smallest absolute Gasteiger partial charge is 0.250 e. The Bertz CT molecular complexity index is 866. The van der Waals surface area contributed by atoms with Crippen LogP contribution in [0, 0.1) is 11.3 Å². The Hall–Kier alpha value is -2.42. The summed E-state index contributed by atoms with van der Waals surface area (Å²) < 4.78 is 3.89. The van der Waals surface area contributed by atoms with E-state index in [1.807, 2.05) is 18.2 Å². The van der Waals surface area contributed by atoms with Crippen LogP contribution >= 0.6 is 11.9 Å². The molecule has 2 heterocycles. The molecule has 1 atom stereocenters. The lowest BCUT2D eigenvalue weighted by Gasteiger charge is -2.15. The minimum atomic E-state index is -0.0129. The maximum Gasteiger partial charge on any atom is 0.250 e. The van der Waals surface area contributed by atoms with Gasteiger partial charge in [-0.2, -0.15) is 0 Å². The van der Waals surface area contributed by atoms with Crippen molar-refractivity contribution in [1.29, 1.82) is 5.41 Å². The summed E-state index contributed by atoms with van der Waals surface area (Å²) in [4.78, 5) is 25.0. The average Bonchev–Trinajstić information content (AvgIpc) is 3.19. The molecule has 3 rings (SSSR count). The zero-order valence-electron chi connectivity index (χ0n) is 16.9. The lowest BCUT2D eigenvalue weighted by Crippen LogP contribution is -2.34. The highest BCUT2D eigenvalue weighted by atomic mass is 32.2. The number of aromatic nitrogens is 1. The van der Waals surface area contributed by atoms with Crippen LogP contribution in [0.5, 0.6) is 0 Å². The van der Waals surface area contributed by atoms with Crippen molar-refractivity contribution in [2.45, 2.75) is 24.8 Å². The second-order valence-electron chi connectivity index (χ2n) is 6.77. The van der Waals surface area contributed by atoms with Gasteiger partial charge in [0.05, 0.1) is 19.0 Å². The van der Waals surface area contributed by atoms with Crippen molar-refractivity contribution >= 4 is 23.6 Å². The zero-order valence-corrected chi connectivity index (χ0v) is 17.7. The monoisotopic (exact) mass is 415 g/mol. The van der Waals surface area contributed by atoms with E-state index in [0.29, 0.717) is 25.3 Å². The van der Waals surface area contributed by atoms with Crippen LogP contribution in [0.4, 0.5) is 0 Å². The summed E-state index contributed by atoms with van der Waals surface area (Å²) >= 11 is 1.66. The predicted molar refractivity (Wildman–Crippen MR) is 118 cm³/mol. The number of carbonyl (C=O) groups excluding carboxylic acids is 1. The number of nitrogens with one attached hydrogen (secondary N) is 2. The number of hydrogen-bond donors (Lipinski definition) is 3. The third-order valence-electron chi connectivity index (χ3n) is 4.46. The number of carbonyl (C=O) groups is 1. The molecule has 4 N–H and O–H groups in total. The van der Waals surface area contributed by atoms with Gasteiger partial charge in [0.1, 0.15) is 0 Å². The molecule has 1 amide bonds. The van der Waals surface area contributed by atoms with Crippen molar-refractivity contribution in [2.24, 2.45) is 11.7 Å². The van der Waals surface area contributed by atoms with E-state index in [1.165, 1.54) is 7.05 Å². The maximum absolute atomic E-state index is 12.1. The van der Waals surface area contributed by atoms with Gasteiger partial charge in [-0.15, -0.1) is 0 Å². The first-order chi connectivity index (χ1) is 14.0. The highest BCUT2D eigenvalue weighted by Gasteiger charge is 2.28. The topological polar surface area (TPSA) is 104 Å². The SMILES string of the molecule is CC(=N)CNC(=O)C1CCN(Sc2ccc(Cn3ccccc3=O)cc2)C1.CN. The highest BCUT2D eigenvalue weighted by Crippen LogP contribution is 2.29. The van der Waals surface area contributed by atoms with Crippen molar-refractivity contribution < 1.29 is 4.79 Å². The van der Waals surface area contributed by atoms with Crippen LogP contribution in [0.3, 0.4) is 0 Å². The molecule has 29 heavy (non-hydrogen) atoms. The molecule has 8 heteroatoms. The highest BCUT2D eigenvalue weighted by molar-refractivity contribution is 7.97. The van der Waals surface area contributed by atoms with Gasteiger partial charge in [0.15, 0.2) is 0 Å². The summed E-state index contributed by atoms with van der Waals surface area (Å²) in [6.07, 6.45) is 2.63. The Labute approximate surface area is 175 Å². The van der Waals surface area contributed by atoms with Gasteiger partial charge in [-0.05, 0) is 56.1 Å². The Morgan fingerprint density at radius 1 is 1.24 bits per heavy atom. The van der Waals surface area contributed by atoms with E-state index < -0.39 is 0 Å². The number of hydrogen-bond acceptors (Lipinski definition) is 6. The molecule has 0 aliphatic carbocycles. The number of pyridine rings is 1. The van der Waals surface area contributed by atoms with Crippen LogP contribution in [0.2, 0.25) is 0 Å². The van der Waals surface area contributed by atoms with Crippen LogP contribution in [0.1, 0.15) is 18.9 Å². The summed E-state index contributed by atoms with van der Waals surface area (Å²) in [5, 5.41) is 10.2. The van der Waals surface area contributed by atoms with E-state index in [4.69, 9.17) is 5.41 Å². The molecule has 1 aromatic heterocycles. The normalized spacial score (nSPS) is 16.0. The minimum absolute atomic E-state index is 0.00412. The molecule has 156 valence electrons. The van der Waals surface area contributed by atoms with Crippen LogP contribution in [-0.4, -0.2) is 47.2 Å². The van der Waals surface area contributed by atoms with Gasteiger partial charge in [0.25, 0.3) is 5.56 Å². The van der Waals surface area contributed by atoms with Crippen LogP contribution < -0.4 is 16.6 Å². The van der Waals surface area contributed by atoms with Crippen molar-refractivity contribution in [3.05, 3.63) is 64.6 Å². The van der Waals surface area contributed by atoms with Gasteiger partial charge in [-0.1, -0.05) is 18.2 Å². The summed E-state index contributed by atoms with van der Waals surface area (Å²) in [5.74, 6) is 0.0226. The van der Waals surface area contributed by atoms with E-state index in [-0.39, 0.29) is 17.4 Å². The molecular weight excluding hydrogens is 386 g/mol. The van der Waals surface area contributed by atoms with E-state index >= 15 is 0 Å². The lowest BCUT2D eigenvalue weighted by molar-refractivity contribution is -0.124. The Balaban J connectivity index is 0.00000145. The zero-order chi connectivity index (χ0) is 21.2. The molecule has 0 radical (unpaired) electrons. The minimum Gasteiger partial charge on any atom is -0.351 e. The quantitative estimate of drug-likeness (QED) is 0.474.